The summed E-state index contributed by atoms with van der Waals surface area (Å²) in [5.41, 5.74) is 0.584. The van der Waals surface area contributed by atoms with Crippen molar-refractivity contribution in [2.75, 3.05) is 18.0 Å². The molecule has 0 bridgehead atoms. The Hall–Kier alpha value is -1.63. The van der Waals surface area contributed by atoms with Crippen LogP contribution in [-0.4, -0.2) is 23.1 Å². The first kappa shape index (κ1) is 12.8. The molecule has 4 nitrogen and oxygen atoms in total. The van der Waals surface area contributed by atoms with E-state index in [-0.39, 0.29) is 0 Å². The molecule has 1 aliphatic rings. The lowest BCUT2D eigenvalue weighted by atomic mass is 9.89. The summed E-state index contributed by atoms with van der Waals surface area (Å²) in [5.74, 6) is 2.34. The lowest BCUT2D eigenvalue weighted by Crippen LogP contribution is -2.26. The van der Waals surface area contributed by atoms with Crippen LogP contribution in [0.15, 0.2) is 12.5 Å². The standard InChI is InChI=1S/C14H20N4/c1-11(2)12-4-3-6-18(7-5-12)14-13(8-15)9-16-10-17-14/h9-12H,3-7H2,1-2H3. The summed E-state index contributed by atoms with van der Waals surface area (Å²) in [6, 6.07) is 2.18. The summed E-state index contributed by atoms with van der Waals surface area (Å²) in [6.07, 6.45) is 6.78. The van der Waals surface area contributed by atoms with E-state index in [0.29, 0.717) is 5.56 Å². The molecule has 2 rings (SSSR count). The molecule has 2 heterocycles. The number of aromatic nitrogens is 2. The van der Waals surface area contributed by atoms with E-state index in [4.69, 9.17) is 5.26 Å². The van der Waals surface area contributed by atoms with Gasteiger partial charge in [-0.2, -0.15) is 5.26 Å². The summed E-state index contributed by atoms with van der Waals surface area (Å²) in [4.78, 5) is 10.4. The minimum atomic E-state index is 0.584. The molecule has 1 aliphatic heterocycles. The van der Waals surface area contributed by atoms with Gasteiger partial charge < -0.3 is 4.90 Å². The minimum Gasteiger partial charge on any atom is -0.355 e. The molecule has 1 fully saturated rings. The van der Waals surface area contributed by atoms with Gasteiger partial charge in [-0.1, -0.05) is 13.8 Å². The summed E-state index contributed by atoms with van der Waals surface area (Å²) in [7, 11) is 0. The topological polar surface area (TPSA) is 52.8 Å². The summed E-state index contributed by atoms with van der Waals surface area (Å²) >= 11 is 0. The van der Waals surface area contributed by atoms with E-state index >= 15 is 0 Å². The fraction of sp³-hybridized carbons (Fsp3) is 0.643. The van der Waals surface area contributed by atoms with Gasteiger partial charge in [-0.3, -0.25) is 0 Å². The van der Waals surface area contributed by atoms with Gasteiger partial charge in [0.05, 0.1) is 6.20 Å². The maximum absolute atomic E-state index is 9.10. The number of nitrogens with zero attached hydrogens (tertiary/aromatic N) is 4. The lowest BCUT2D eigenvalue weighted by molar-refractivity contribution is 0.351. The molecule has 0 aromatic carbocycles. The zero-order valence-corrected chi connectivity index (χ0v) is 11.1. The number of rotatable bonds is 2. The predicted octanol–water partition coefficient (Wildman–Crippen LogP) is 2.61. The van der Waals surface area contributed by atoms with Crippen molar-refractivity contribution in [3.8, 4) is 6.07 Å². The van der Waals surface area contributed by atoms with Crippen molar-refractivity contribution in [3.63, 3.8) is 0 Å². The van der Waals surface area contributed by atoms with Crippen molar-refractivity contribution in [1.29, 1.82) is 5.26 Å². The summed E-state index contributed by atoms with van der Waals surface area (Å²) in [5, 5.41) is 9.10. The average molecular weight is 244 g/mol. The number of hydrogen-bond donors (Lipinski definition) is 0. The highest BCUT2D eigenvalue weighted by Crippen LogP contribution is 2.27. The van der Waals surface area contributed by atoms with Gasteiger partial charge in [0.2, 0.25) is 0 Å². The Morgan fingerprint density at radius 1 is 1.39 bits per heavy atom. The van der Waals surface area contributed by atoms with Crippen LogP contribution in [0.5, 0.6) is 0 Å². The van der Waals surface area contributed by atoms with Crippen LogP contribution in [0.4, 0.5) is 5.82 Å². The number of anilines is 1. The van der Waals surface area contributed by atoms with Gasteiger partial charge >= 0.3 is 0 Å². The first-order valence-electron chi connectivity index (χ1n) is 6.67. The molecule has 0 amide bonds. The molecule has 96 valence electrons. The van der Waals surface area contributed by atoms with Crippen LogP contribution in [0.1, 0.15) is 38.7 Å². The molecule has 0 aliphatic carbocycles. The Balaban J connectivity index is 2.13. The molecule has 0 saturated carbocycles. The van der Waals surface area contributed by atoms with Crippen molar-refractivity contribution in [2.45, 2.75) is 33.1 Å². The lowest BCUT2D eigenvalue weighted by Gasteiger charge is -2.22. The van der Waals surface area contributed by atoms with Gasteiger partial charge in [0.1, 0.15) is 23.8 Å². The molecular weight excluding hydrogens is 224 g/mol. The van der Waals surface area contributed by atoms with Crippen molar-refractivity contribution in [3.05, 3.63) is 18.1 Å². The summed E-state index contributed by atoms with van der Waals surface area (Å²) in [6.45, 7) is 6.58. The second-order valence-corrected chi connectivity index (χ2v) is 5.29. The Morgan fingerprint density at radius 2 is 2.22 bits per heavy atom. The molecule has 0 spiro atoms. The van der Waals surface area contributed by atoms with Crippen LogP contribution in [0, 0.1) is 23.2 Å². The highest BCUT2D eigenvalue weighted by atomic mass is 15.2. The third kappa shape index (κ3) is 2.79. The molecule has 0 radical (unpaired) electrons. The van der Waals surface area contributed by atoms with Crippen LogP contribution >= 0.6 is 0 Å². The third-order valence-corrected chi connectivity index (χ3v) is 3.83. The molecule has 1 aromatic heterocycles. The highest BCUT2D eigenvalue weighted by molar-refractivity contribution is 5.52. The average Bonchev–Trinajstić information content (AvgIpc) is 2.64. The largest absolute Gasteiger partial charge is 0.355 e. The fourth-order valence-corrected chi connectivity index (χ4v) is 2.65. The van der Waals surface area contributed by atoms with E-state index < -0.39 is 0 Å². The quantitative estimate of drug-likeness (QED) is 0.802. The van der Waals surface area contributed by atoms with Gasteiger partial charge in [0.25, 0.3) is 0 Å². The number of hydrogen-bond acceptors (Lipinski definition) is 4. The second-order valence-electron chi connectivity index (χ2n) is 5.29. The Morgan fingerprint density at radius 3 is 2.94 bits per heavy atom. The molecule has 1 unspecified atom stereocenters. The molecule has 18 heavy (non-hydrogen) atoms. The molecule has 1 saturated heterocycles. The highest BCUT2D eigenvalue weighted by Gasteiger charge is 2.21. The predicted molar refractivity (Wildman–Crippen MR) is 71.1 cm³/mol. The fourth-order valence-electron chi connectivity index (χ4n) is 2.65. The molecular formula is C14H20N4. The Kier molecular flexibility index (Phi) is 4.14. The van der Waals surface area contributed by atoms with Gasteiger partial charge in [0, 0.05) is 13.1 Å². The zero-order chi connectivity index (χ0) is 13.0. The first-order valence-corrected chi connectivity index (χ1v) is 6.67. The van der Waals surface area contributed by atoms with Crippen LogP contribution in [0.3, 0.4) is 0 Å². The second kappa shape index (κ2) is 5.81. The van der Waals surface area contributed by atoms with Gasteiger partial charge in [-0.15, -0.1) is 0 Å². The van der Waals surface area contributed by atoms with Crippen molar-refractivity contribution in [1.82, 2.24) is 9.97 Å². The minimum absolute atomic E-state index is 0.584. The van der Waals surface area contributed by atoms with E-state index in [9.17, 15) is 0 Å². The van der Waals surface area contributed by atoms with Gasteiger partial charge in [-0.05, 0) is 31.1 Å². The smallest absolute Gasteiger partial charge is 0.149 e. The monoisotopic (exact) mass is 244 g/mol. The van der Waals surface area contributed by atoms with Crippen molar-refractivity contribution >= 4 is 5.82 Å². The van der Waals surface area contributed by atoms with Crippen LogP contribution in [0.2, 0.25) is 0 Å². The van der Waals surface area contributed by atoms with Crippen molar-refractivity contribution in [2.24, 2.45) is 11.8 Å². The molecule has 1 aromatic rings. The van der Waals surface area contributed by atoms with E-state index in [2.05, 4.69) is 34.8 Å². The summed E-state index contributed by atoms with van der Waals surface area (Å²) < 4.78 is 0. The van der Waals surface area contributed by atoms with Crippen LogP contribution < -0.4 is 4.90 Å². The van der Waals surface area contributed by atoms with Crippen LogP contribution in [-0.2, 0) is 0 Å². The maximum Gasteiger partial charge on any atom is 0.149 e. The normalized spacial score (nSPS) is 20.6. The van der Waals surface area contributed by atoms with Gasteiger partial charge in [0.15, 0.2) is 0 Å². The van der Waals surface area contributed by atoms with E-state index in [1.54, 1.807) is 6.20 Å². The first-order chi connectivity index (χ1) is 8.72. The zero-order valence-electron chi connectivity index (χ0n) is 11.1. The van der Waals surface area contributed by atoms with Gasteiger partial charge in [-0.25, -0.2) is 9.97 Å². The van der Waals surface area contributed by atoms with E-state index in [1.165, 1.54) is 25.6 Å². The SMILES string of the molecule is CC(C)C1CCCN(c2ncncc2C#N)CC1. The Bertz CT molecular complexity index is 436. The molecule has 0 N–H and O–H groups in total. The molecule has 4 heteroatoms. The number of nitriles is 1. The van der Waals surface area contributed by atoms with E-state index in [1.807, 2.05) is 0 Å². The third-order valence-electron chi connectivity index (χ3n) is 3.83. The Labute approximate surface area is 109 Å². The van der Waals surface area contributed by atoms with Crippen molar-refractivity contribution < 1.29 is 0 Å². The molecule has 1 atom stereocenters. The van der Waals surface area contributed by atoms with Crippen LogP contribution in [0.25, 0.3) is 0 Å². The van der Waals surface area contributed by atoms with E-state index in [0.717, 1.165) is 30.7 Å². The maximum atomic E-state index is 9.10.